The molecule has 0 saturated heterocycles. The first-order valence-corrected chi connectivity index (χ1v) is 5.54. The summed E-state index contributed by atoms with van der Waals surface area (Å²) < 4.78 is 5.73. The molecule has 0 bridgehead atoms. The summed E-state index contributed by atoms with van der Waals surface area (Å²) in [7, 11) is 1.88. The number of hydrogen-bond acceptors (Lipinski definition) is 3. The second kappa shape index (κ2) is 6.07. The van der Waals surface area contributed by atoms with E-state index in [2.05, 4.69) is 18.0 Å². The molecule has 0 aliphatic carbocycles. The Morgan fingerprint density at radius 2 is 2.00 bits per heavy atom. The Balaban J connectivity index is 2.79. The summed E-state index contributed by atoms with van der Waals surface area (Å²) >= 11 is 0. The third-order valence-electron chi connectivity index (χ3n) is 2.44. The van der Waals surface area contributed by atoms with Crippen molar-refractivity contribution >= 4 is 0 Å². The lowest BCUT2D eigenvalue weighted by molar-refractivity contribution is 0.344. The number of nitrogens with one attached hydrogen (secondary N) is 1. The van der Waals surface area contributed by atoms with E-state index in [1.54, 1.807) is 0 Å². The van der Waals surface area contributed by atoms with E-state index >= 15 is 0 Å². The molecular formula is C14H18N2O. The molecule has 1 aromatic rings. The molecule has 0 radical (unpaired) electrons. The molecule has 0 aliphatic rings. The van der Waals surface area contributed by atoms with Gasteiger partial charge >= 0.3 is 0 Å². The molecule has 0 spiro atoms. The van der Waals surface area contributed by atoms with E-state index in [-0.39, 0.29) is 0 Å². The maximum Gasteiger partial charge on any atom is 0.125 e. The first kappa shape index (κ1) is 13.3. The predicted octanol–water partition coefficient (Wildman–Crippen LogP) is 2.33. The fraction of sp³-hybridized carbons (Fsp3) is 0.357. The zero-order chi connectivity index (χ0) is 12.8. The molecule has 3 nitrogen and oxygen atoms in total. The highest BCUT2D eigenvalue weighted by atomic mass is 16.5. The summed E-state index contributed by atoms with van der Waals surface area (Å²) in [5, 5.41) is 11.9. The normalized spacial score (nSPS) is 9.76. The third kappa shape index (κ3) is 3.61. The van der Waals surface area contributed by atoms with Crippen LogP contribution in [-0.2, 0) is 0 Å². The lowest BCUT2D eigenvalue weighted by Gasteiger charge is -2.13. The Morgan fingerprint density at radius 3 is 2.47 bits per heavy atom. The number of rotatable bonds is 5. The zero-order valence-electron chi connectivity index (χ0n) is 10.6. The van der Waals surface area contributed by atoms with Crippen molar-refractivity contribution < 1.29 is 4.74 Å². The fourth-order valence-electron chi connectivity index (χ4n) is 1.72. The molecule has 1 aromatic carbocycles. The minimum absolute atomic E-state index is 0.494. The van der Waals surface area contributed by atoms with Crippen LogP contribution >= 0.6 is 0 Å². The van der Waals surface area contributed by atoms with Crippen molar-refractivity contribution in [3.63, 3.8) is 0 Å². The average molecular weight is 230 g/mol. The molecule has 1 rings (SSSR count). The van der Waals surface area contributed by atoms with E-state index in [1.807, 2.05) is 33.0 Å². The maximum absolute atomic E-state index is 8.85. The van der Waals surface area contributed by atoms with Gasteiger partial charge in [0.25, 0.3) is 0 Å². The van der Waals surface area contributed by atoms with Gasteiger partial charge in [0.15, 0.2) is 0 Å². The molecule has 0 aromatic heterocycles. The predicted molar refractivity (Wildman–Crippen MR) is 69.2 cm³/mol. The molecule has 0 amide bonds. The molecule has 0 saturated carbocycles. The summed E-state index contributed by atoms with van der Waals surface area (Å²) in [6, 6.07) is 5.81. The third-order valence-corrected chi connectivity index (χ3v) is 2.44. The molecule has 0 atom stereocenters. The molecule has 90 valence electrons. The number of likely N-dealkylation sites (N-methyl/N-ethyl adjacent to an activating group) is 1. The molecule has 1 N–H and O–H groups in total. The van der Waals surface area contributed by atoms with E-state index in [0.717, 1.165) is 29.0 Å². The van der Waals surface area contributed by atoms with Gasteiger partial charge in [-0.3, -0.25) is 0 Å². The first-order valence-electron chi connectivity index (χ1n) is 5.54. The Morgan fingerprint density at radius 1 is 1.41 bits per heavy atom. The van der Waals surface area contributed by atoms with Crippen LogP contribution in [0.25, 0.3) is 0 Å². The standard InChI is InChI=1S/C14H18N2O/c1-10(8-16-4)9-17-14-11(2)5-13(7-15)6-12(14)3/h5-6,16H,1,8-9H2,2-4H3. The summed E-state index contributed by atoms with van der Waals surface area (Å²) in [5.41, 5.74) is 3.63. The van der Waals surface area contributed by atoms with Crippen LogP contribution in [0.3, 0.4) is 0 Å². The molecule has 3 heteroatoms. The van der Waals surface area contributed by atoms with Crippen molar-refractivity contribution in [1.82, 2.24) is 5.32 Å². The van der Waals surface area contributed by atoms with E-state index in [9.17, 15) is 0 Å². The number of ether oxygens (including phenoxy) is 1. The SMILES string of the molecule is C=C(CNC)COc1c(C)cc(C#N)cc1C. The summed E-state index contributed by atoms with van der Waals surface area (Å²) in [5.74, 6) is 0.848. The van der Waals surface area contributed by atoms with Gasteiger partial charge in [0, 0.05) is 6.54 Å². The van der Waals surface area contributed by atoms with Gasteiger partial charge in [0.05, 0.1) is 11.6 Å². The number of nitrogens with zero attached hydrogens (tertiary/aromatic N) is 1. The second-order valence-corrected chi connectivity index (χ2v) is 4.12. The van der Waals surface area contributed by atoms with Crippen LogP contribution in [0.4, 0.5) is 0 Å². The summed E-state index contributed by atoms with van der Waals surface area (Å²) in [6.45, 7) is 9.05. The largest absolute Gasteiger partial charge is 0.489 e. The van der Waals surface area contributed by atoms with Crippen LogP contribution in [0.15, 0.2) is 24.3 Å². The van der Waals surface area contributed by atoms with Crippen molar-refractivity contribution in [2.24, 2.45) is 0 Å². The second-order valence-electron chi connectivity index (χ2n) is 4.12. The van der Waals surface area contributed by atoms with Crippen LogP contribution in [0, 0.1) is 25.2 Å². The zero-order valence-corrected chi connectivity index (χ0v) is 10.6. The lowest BCUT2D eigenvalue weighted by atomic mass is 10.1. The molecule has 0 unspecified atom stereocenters. The number of aryl methyl sites for hydroxylation is 2. The van der Waals surface area contributed by atoms with E-state index < -0.39 is 0 Å². The van der Waals surface area contributed by atoms with Gasteiger partial charge < -0.3 is 10.1 Å². The van der Waals surface area contributed by atoms with Gasteiger partial charge in [-0.05, 0) is 49.7 Å². The van der Waals surface area contributed by atoms with Crippen LogP contribution in [0.1, 0.15) is 16.7 Å². The van der Waals surface area contributed by atoms with Crippen LogP contribution in [-0.4, -0.2) is 20.2 Å². The maximum atomic E-state index is 8.85. The van der Waals surface area contributed by atoms with Crippen molar-refractivity contribution in [2.45, 2.75) is 13.8 Å². The fourth-order valence-corrected chi connectivity index (χ4v) is 1.72. The van der Waals surface area contributed by atoms with Crippen LogP contribution in [0.2, 0.25) is 0 Å². The molecule has 0 aliphatic heterocycles. The van der Waals surface area contributed by atoms with Gasteiger partial charge in [-0.25, -0.2) is 0 Å². The highest BCUT2D eigenvalue weighted by Crippen LogP contribution is 2.24. The Labute approximate surface area is 103 Å². The van der Waals surface area contributed by atoms with Gasteiger partial charge in [-0.2, -0.15) is 5.26 Å². The summed E-state index contributed by atoms with van der Waals surface area (Å²) in [6.07, 6.45) is 0. The highest BCUT2D eigenvalue weighted by molar-refractivity contribution is 5.47. The van der Waals surface area contributed by atoms with Crippen LogP contribution in [0.5, 0.6) is 5.75 Å². The first-order chi connectivity index (χ1) is 8.08. The van der Waals surface area contributed by atoms with E-state index in [4.69, 9.17) is 10.00 Å². The summed E-state index contributed by atoms with van der Waals surface area (Å²) in [4.78, 5) is 0. The van der Waals surface area contributed by atoms with Crippen molar-refractivity contribution in [3.05, 3.63) is 41.0 Å². The van der Waals surface area contributed by atoms with Crippen LogP contribution < -0.4 is 10.1 Å². The van der Waals surface area contributed by atoms with E-state index in [0.29, 0.717) is 12.2 Å². The van der Waals surface area contributed by atoms with Gasteiger partial charge in [-0.15, -0.1) is 0 Å². The minimum Gasteiger partial charge on any atom is -0.489 e. The quantitative estimate of drug-likeness (QED) is 0.790. The number of nitriles is 1. The smallest absolute Gasteiger partial charge is 0.125 e. The Kier molecular flexibility index (Phi) is 4.74. The number of benzene rings is 1. The monoisotopic (exact) mass is 230 g/mol. The lowest BCUT2D eigenvalue weighted by Crippen LogP contribution is -2.15. The molecule has 0 heterocycles. The van der Waals surface area contributed by atoms with Crippen molar-refractivity contribution in [1.29, 1.82) is 5.26 Å². The minimum atomic E-state index is 0.494. The average Bonchev–Trinajstić information content (AvgIpc) is 2.28. The Hall–Kier alpha value is -1.79. The topological polar surface area (TPSA) is 45.0 Å². The molecular weight excluding hydrogens is 212 g/mol. The van der Waals surface area contributed by atoms with Gasteiger partial charge in [-0.1, -0.05) is 6.58 Å². The van der Waals surface area contributed by atoms with Gasteiger partial charge in [0.1, 0.15) is 12.4 Å². The Bertz CT molecular complexity index is 435. The molecule has 17 heavy (non-hydrogen) atoms. The van der Waals surface area contributed by atoms with E-state index in [1.165, 1.54) is 0 Å². The van der Waals surface area contributed by atoms with Gasteiger partial charge in [0.2, 0.25) is 0 Å². The highest BCUT2D eigenvalue weighted by Gasteiger charge is 2.06. The number of hydrogen-bond donors (Lipinski definition) is 1. The van der Waals surface area contributed by atoms with Crippen molar-refractivity contribution in [3.8, 4) is 11.8 Å². The molecule has 0 fully saturated rings. The van der Waals surface area contributed by atoms with Crippen molar-refractivity contribution in [2.75, 3.05) is 20.2 Å².